The zero-order chi connectivity index (χ0) is 29.6. The molecular weight excluding hydrogens is 558 g/mol. The fourth-order valence-corrected chi connectivity index (χ4v) is 7.82. The highest BCUT2D eigenvalue weighted by atomic mass is 31.2. The number of fused-ring (bicyclic) bond motifs is 5. The Morgan fingerprint density at radius 3 is 2.54 bits per heavy atom. The van der Waals surface area contributed by atoms with Crippen molar-refractivity contribution >= 4 is 35.4 Å². The van der Waals surface area contributed by atoms with Gasteiger partial charge >= 0.3 is 12.3 Å². The van der Waals surface area contributed by atoms with Crippen LogP contribution < -0.4 is 15.5 Å². The molecule has 1 aromatic carbocycles. The molecule has 1 N–H and O–H groups in total. The highest BCUT2D eigenvalue weighted by molar-refractivity contribution is 7.71. The minimum absolute atomic E-state index is 0.00241. The van der Waals surface area contributed by atoms with Gasteiger partial charge in [-0.1, -0.05) is 18.2 Å². The lowest BCUT2D eigenvalue weighted by molar-refractivity contribution is -0.135. The van der Waals surface area contributed by atoms with Gasteiger partial charge in [0, 0.05) is 37.4 Å². The Bertz CT molecular complexity index is 1510. The number of carbonyl (C=O) groups excluding carboxylic acids is 1. The Hall–Kier alpha value is -3.40. The third kappa shape index (κ3) is 6.12. The Morgan fingerprint density at radius 1 is 1.15 bits per heavy atom. The van der Waals surface area contributed by atoms with Gasteiger partial charge in [0.15, 0.2) is 0 Å². The molecule has 0 spiro atoms. The summed E-state index contributed by atoms with van der Waals surface area (Å²) >= 11 is 0. The molecule has 0 aliphatic carbocycles. The molecule has 2 aliphatic heterocycles. The van der Waals surface area contributed by atoms with Gasteiger partial charge in [-0.05, 0) is 40.2 Å². The van der Waals surface area contributed by atoms with E-state index < -0.39 is 42.1 Å². The van der Waals surface area contributed by atoms with Crippen molar-refractivity contribution in [2.24, 2.45) is 0 Å². The van der Waals surface area contributed by atoms with Crippen molar-refractivity contribution in [2.45, 2.75) is 58.4 Å². The molecule has 13 heteroatoms. The first-order valence-electron chi connectivity index (χ1n) is 13.6. The first kappa shape index (κ1) is 29.1. The third-order valence-electron chi connectivity index (χ3n) is 7.09. The van der Waals surface area contributed by atoms with Crippen LogP contribution in [0.3, 0.4) is 0 Å². The number of para-hydroxylation sites is 1. The van der Waals surface area contributed by atoms with Crippen molar-refractivity contribution in [3.8, 4) is 5.75 Å². The number of nitrogens with zero attached hydrogens (tertiary/aromatic N) is 4. The molecule has 1 fully saturated rings. The Labute approximate surface area is 236 Å². The third-order valence-corrected chi connectivity index (χ3v) is 10.0. The number of ether oxygens (including phenoxy) is 2. The highest BCUT2D eigenvalue weighted by Gasteiger charge is 2.45. The Kier molecular flexibility index (Phi) is 7.65. The van der Waals surface area contributed by atoms with Crippen LogP contribution in [0, 0.1) is 0 Å². The molecule has 0 unspecified atom stereocenters. The topological polar surface area (TPSA) is 107 Å². The monoisotopic (exact) mass is 591 g/mol. The van der Waals surface area contributed by atoms with E-state index in [1.54, 1.807) is 20.8 Å². The van der Waals surface area contributed by atoms with Gasteiger partial charge in [0.25, 0.3) is 0 Å². The molecule has 220 valence electrons. The van der Waals surface area contributed by atoms with Crippen molar-refractivity contribution in [1.82, 2.24) is 19.9 Å². The normalized spacial score (nSPS) is 19.4. The van der Waals surface area contributed by atoms with Crippen molar-refractivity contribution in [3.63, 3.8) is 0 Å². The zero-order valence-electron chi connectivity index (χ0n) is 23.4. The van der Waals surface area contributed by atoms with Crippen molar-refractivity contribution in [2.75, 3.05) is 37.3 Å². The minimum atomic E-state index is -4.89. The predicted octanol–water partition coefficient (Wildman–Crippen LogP) is 5.78. The second kappa shape index (κ2) is 10.8. The predicted molar refractivity (Wildman–Crippen MR) is 149 cm³/mol. The summed E-state index contributed by atoms with van der Waals surface area (Å²) in [5.41, 5.74) is -1.53. The SMILES string of the molecule is C[C@H]1Nc2nc(nc3cnc(P4(=O)CCN(C(=O)OC(C)(C)C)CC4)c(C(F)(F)F)c23)CCCOc2ccccc21. The fourth-order valence-electron chi connectivity index (χ4n) is 5.13. The van der Waals surface area contributed by atoms with Crippen molar-refractivity contribution in [1.29, 1.82) is 0 Å². The molecule has 2 aromatic heterocycles. The molecule has 0 radical (unpaired) electrons. The summed E-state index contributed by atoms with van der Waals surface area (Å²) in [6.45, 7) is 7.39. The van der Waals surface area contributed by atoms with Crippen molar-refractivity contribution in [3.05, 3.63) is 47.4 Å². The van der Waals surface area contributed by atoms with E-state index in [-0.39, 0.29) is 42.1 Å². The second-order valence-corrected chi connectivity index (χ2v) is 14.5. The van der Waals surface area contributed by atoms with E-state index in [4.69, 9.17) is 9.47 Å². The first-order chi connectivity index (χ1) is 19.2. The van der Waals surface area contributed by atoms with Crippen LogP contribution in [0.15, 0.2) is 30.5 Å². The average molecular weight is 592 g/mol. The van der Waals surface area contributed by atoms with E-state index in [1.165, 1.54) is 11.1 Å². The number of hydrogen-bond acceptors (Lipinski definition) is 8. The maximum atomic E-state index is 14.9. The van der Waals surface area contributed by atoms with Crippen LogP contribution in [-0.4, -0.2) is 63.6 Å². The number of alkyl halides is 3. The molecule has 4 heterocycles. The molecule has 1 saturated heterocycles. The number of carbonyl (C=O) groups is 1. The molecule has 1 amide bonds. The number of nitrogens with one attached hydrogen (secondary N) is 1. The molecule has 41 heavy (non-hydrogen) atoms. The highest BCUT2D eigenvalue weighted by Crippen LogP contribution is 2.50. The zero-order valence-corrected chi connectivity index (χ0v) is 24.3. The minimum Gasteiger partial charge on any atom is -0.493 e. The summed E-state index contributed by atoms with van der Waals surface area (Å²) in [7, 11) is -3.65. The van der Waals surface area contributed by atoms with Crippen LogP contribution >= 0.6 is 7.14 Å². The summed E-state index contributed by atoms with van der Waals surface area (Å²) in [6.07, 6.45) is -3.55. The lowest BCUT2D eigenvalue weighted by Gasteiger charge is -2.34. The molecule has 9 nitrogen and oxygen atoms in total. The van der Waals surface area contributed by atoms with Crippen LogP contribution in [0.2, 0.25) is 0 Å². The van der Waals surface area contributed by atoms with Gasteiger partial charge in [0.05, 0.1) is 35.3 Å². The summed E-state index contributed by atoms with van der Waals surface area (Å²) < 4.78 is 70.2. The number of aromatic nitrogens is 3. The Morgan fingerprint density at radius 2 is 1.85 bits per heavy atom. The van der Waals surface area contributed by atoms with E-state index >= 15 is 0 Å². The van der Waals surface area contributed by atoms with E-state index in [0.717, 1.165) is 5.56 Å². The molecule has 5 rings (SSSR count). The quantitative estimate of drug-likeness (QED) is 0.355. The molecule has 0 saturated carbocycles. The lowest BCUT2D eigenvalue weighted by atomic mass is 10.1. The summed E-state index contributed by atoms with van der Waals surface area (Å²) in [5.74, 6) is 1.00. The van der Waals surface area contributed by atoms with Gasteiger partial charge in [0.2, 0.25) is 0 Å². The van der Waals surface area contributed by atoms with E-state index in [2.05, 4.69) is 20.3 Å². The van der Waals surface area contributed by atoms with Gasteiger partial charge in [-0.25, -0.2) is 14.8 Å². The average Bonchev–Trinajstić information content (AvgIpc) is 2.91. The van der Waals surface area contributed by atoms with Crippen molar-refractivity contribution < 1.29 is 32.0 Å². The van der Waals surface area contributed by atoms with Crippen LogP contribution in [0.4, 0.5) is 23.8 Å². The van der Waals surface area contributed by atoms with E-state index in [9.17, 15) is 22.5 Å². The van der Waals surface area contributed by atoms with E-state index in [0.29, 0.717) is 31.0 Å². The van der Waals surface area contributed by atoms with Gasteiger partial charge in [0.1, 0.15) is 35.6 Å². The molecule has 2 aliphatic rings. The van der Waals surface area contributed by atoms with Crippen LogP contribution in [-0.2, 0) is 21.9 Å². The first-order valence-corrected chi connectivity index (χ1v) is 15.6. The smallest absolute Gasteiger partial charge is 0.419 e. The standard InChI is InChI=1S/C28H33F3N5O4P/c1-17-18-8-5-6-9-20(18)39-13-7-10-21-34-19-16-32-25(23(28(29,30)31)22(19)24(33-17)35-21)41(38)14-11-36(12-15-41)26(37)40-27(2,3)4/h5-6,8-9,16-17H,7,10-15H2,1-4H3,(H,33,34,35)/t17-/m1/s1. The van der Waals surface area contributed by atoms with E-state index in [1.807, 2.05) is 31.2 Å². The number of pyridine rings is 1. The summed E-state index contributed by atoms with van der Waals surface area (Å²) in [5, 5.41) is 2.90. The number of hydrogen-bond donors (Lipinski definition) is 1. The van der Waals surface area contributed by atoms with Gasteiger partial charge in [-0.15, -0.1) is 0 Å². The number of anilines is 1. The maximum Gasteiger partial charge on any atom is 0.419 e. The number of rotatable bonds is 1. The van der Waals surface area contributed by atoms with Crippen LogP contribution in [0.1, 0.15) is 57.1 Å². The molecular formula is C28H33F3N5O4P. The number of aryl methyl sites for hydroxylation is 1. The molecule has 3 aromatic rings. The summed E-state index contributed by atoms with van der Waals surface area (Å²) in [4.78, 5) is 27.0. The van der Waals surface area contributed by atoms with Gasteiger partial charge in [-0.2, -0.15) is 13.2 Å². The number of halogens is 3. The number of amides is 1. The van der Waals surface area contributed by atoms with Crippen LogP contribution in [0.25, 0.3) is 10.9 Å². The lowest BCUT2D eigenvalue weighted by Crippen LogP contribution is -2.44. The summed E-state index contributed by atoms with van der Waals surface area (Å²) in [6, 6.07) is 6.89. The van der Waals surface area contributed by atoms with Crippen LogP contribution in [0.5, 0.6) is 5.75 Å². The fraction of sp³-hybridized carbons (Fsp3) is 0.500. The Balaban J connectivity index is 1.59. The second-order valence-electron chi connectivity index (χ2n) is 11.4. The van der Waals surface area contributed by atoms with Gasteiger partial charge < -0.3 is 24.3 Å². The maximum absolute atomic E-state index is 14.9. The number of benzene rings is 1. The molecule has 1 atom stereocenters. The van der Waals surface area contributed by atoms with Gasteiger partial charge in [-0.3, -0.25) is 4.98 Å². The largest absolute Gasteiger partial charge is 0.493 e. The molecule has 2 bridgehead atoms.